The first-order valence-electron chi connectivity index (χ1n) is 5.40. The fraction of sp³-hybridized carbons (Fsp3) is 0.0833. The van der Waals surface area contributed by atoms with Gasteiger partial charge in [-0.1, -0.05) is 23.7 Å². The van der Waals surface area contributed by atoms with Gasteiger partial charge in [-0.2, -0.15) is 0 Å². The Balaban J connectivity index is 2.14. The minimum Gasteiger partial charge on any atom is -0.328 e. The van der Waals surface area contributed by atoms with E-state index in [4.69, 9.17) is 11.6 Å². The van der Waals surface area contributed by atoms with E-state index < -0.39 is 10.0 Å². The first-order chi connectivity index (χ1) is 8.97. The Morgan fingerprint density at radius 2 is 2.00 bits per heavy atom. The lowest BCUT2D eigenvalue weighted by Crippen LogP contribution is -2.24. The summed E-state index contributed by atoms with van der Waals surface area (Å²) < 4.78 is 26.3. The predicted molar refractivity (Wildman–Crippen MR) is 72.5 cm³/mol. The first-order valence-corrected chi connectivity index (χ1v) is 7.26. The second kappa shape index (κ2) is 5.56. The van der Waals surface area contributed by atoms with Gasteiger partial charge in [0, 0.05) is 23.8 Å². The number of pyridine rings is 1. The lowest BCUT2D eigenvalue weighted by atomic mass is 10.2. The van der Waals surface area contributed by atoms with Crippen LogP contribution >= 0.6 is 11.6 Å². The van der Waals surface area contributed by atoms with Crippen molar-refractivity contribution in [2.75, 3.05) is 0 Å². The largest absolute Gasteiger partial charge is 0.328 e. The van der Waals surface area contributed by atoms with Crippen molar-refractivity contribution in [2.24, 2.45) is 0 Å². The maximum Gasteiger partial charge on any atom is 0.247 e. The summed E-state index contributed by atoms with van der Waals surface area (Å²) in [6.07, 6.45) is 1.16. The SMILES string of the molecule is O=c1ccc(S(=O)(=O)NCc2cccc(Cl)c2)c[nH]1. The van der Waals surface area contributed by atoms with Crippen molar-refractivity contribution < 1.29 is 8.42 Å². The van der Waals surface area contributed by atoms with Gasteiger partial charge in [0.05, 0.1) is 4.90 Å². The second-order valence-corrected chi connectivity index (χ2v) is 6.05. The van der Waals surface area contributed by atoms with Gasteiger partial charge in [-0.3, -0.25) is 4.79 Å². The topological polar surface area (TPSA) is 79.0 Å². The number of rotatable bonds is 4. The molecule has 0 unspecified atom stereocenters. The van der Waals surface area contributed by atoms with Crippen molar-refractivity contribution in [3.05, 3.63) is 63.5 Å². The van der Waals surface area contributed by atoms with Gasteiger partial charge < -0.3 is 4.98 Å². The third kappa shape index (κ3) is 3.66. The predicted octanol–water partition coefficient (Wildman–Crippen LogP) is 1.51. The maximum atomic E-state index is 11.9. The lowest BCUT2D eigenvalue weighted by molar-refractivity contribution is 0.581. The molecule has 5 nitrogen and oxygen atoms in total. The van der Waals surface area contributed by atoms with Crippen LogP contribution in [0.3, 0.4) is 0 Å². The molecular formula is C12H11ClN2O3S. The van der Waals surface area contributed by atoms with Crippen LogP contribution in [0.1, 0.15) is 5.56 Å². The number of nitrogens with one attached hydrogen (secondary N) is 2. The Kier molecular flexibility index (Phi) is 4.04. The van der Waals surface area contributed by atoms with Gasteiger partial charge >= 0.3 is 0 Å². The highest BCUT2D eigenvalue weighted by Gasteiger charge is 2.13. The highest BCUT2D eigenvalue weighted by molar-refractivity contribution is 7.89. The summed E-state index contributed by atoms with van der Waals surface area (Å²) in [6, 6.07) is 9.30. The molecule has 0 amide bonds. The van der Waals surface area contributed by atoms with Crippen molar-refractivity contribution in [1.29, 1.82) is 0 Å². The lowest BCUT2D eigenvalue weighted by Gasteiger charge is -2.06. The summed E-state index contributed by atoms with van der Waals surface area (Å²) in [6.45, 7) is 0.127. The molecule has 0 spiro atoms. The van der Waals surface area contributed by atoms with Gasteiger partial charge in [0.2, 0.25) is 15.6 Å². The number of hydrogen-bond donors (Lipinski definition) is 2. The number of aromatic nitrogens is 1. The van der Waals surface area contributed by atoms with Crippen LogP contribution in [0.4, 0.5) is 0 Å². The molecular weight excluding hydrogens is 288 g/mol. The van der Waals surface area contributed by atoms with E-state index in [2.05, 4.69) is 9.71 Å². The molecule has 0 bridgehead atoms. The Morgan fingerprint density at radius 3 is 2.63 bits per heavy atom. The number of benzene rings is 1. The Morgan fingerprint density at radius 1 is 1.21 bits per heavy atom. The third-order valence-corrected chi connectivity index (χ3v) is 4.06. The average Bonchev–Trinajstić information content (AvgIpc) is 2.37. The smallest absolute Gasteiger partial charge is 0.247 e. The van der Waals surface area contributed by atoms with E-state index in [1.165, 1.54) is 6.07 Å². The number of H-pyrrole nitrogens is 1. The molecule has 0 radical (unpaired) electrons. The number of halogens is 1. The minimum absolute atomic E-state index is 0.00845. The molecule has 0 saturated heterocycles. The summed E-state index contributed by atoms with van der Waals surface area (Å²) >= 11 is 5.81. The normalized spacial score (nSPS) is 11.4. The molecule has 19 heavy (non-hydrogen) atoms. The van der Waals surface area contributed by atoms with Gasteiger partial charge in [0.1, 0.15) is 0 Å². The number of hydrogen-bond acceptors (Lipinski definition) is 3. The molecule has 0 aliphatic rings. The summed E-state index contributed by atoms with van der Waals surface area (Å²) in [7, 11) is -3.65. The Labute approximate surface area is 115 Å². The van der Waals surface area contributed by atoms with E-state index in [0.717, 1.165) is 17.8 Å². The van der Waals surface area contributed by atoms with Crippen LogP contribution < -0.4 is 10.3 Å². The summed E-state index contributed by atoms with van der Waals surface area (Å²) in [5, 5.41) is 0.542. The molecule has 1 aromatic heterocycles. The van der Waals surface area contributed by atoms with Gasteiger partial charge in [-0.15, -0.1) is 0 Å². The van der Waals surface area contributed by atoms with Gasteiger partial charge in [-0.25, -0.2) is 13.1 Å². The van der Waals surface area contributed by atoms with Crippen LogP contribution in [-0.4, -0.2) is 13.4 Å². The highest BCUT2D eigenvalue weighted by Crippen LogP contribution is 2.11. The van der Waals surface area contributed by atoms with E-state index in [0.29, 0.717) is 5.02 Å². The molecule has 2 rings (SSSR count). The molecule has 0 aliphatic carbocycles. The summed E-state index contributed by atoms with van der Waals surface area (Å²) in [4.78, 5) is 13.2. The minimum atomic E-state index is -3.65. The zero-order valence-electron chi connectivity index (χ0n) is 9.76. The number of aromatic amines is 1. The van der Waals surface area contributed by atoms with Crippen molar-refractivity contribution in [1.82, 2.24) is 9.71 Å². The van der Waals surface area contributed by atoms with Crippen molar-refractivity contribution in [3.63, 3.8) is 0 Å². The highest BCUT2D eigenvalue weighted by atomic mass is 35.5. The van der Waals surface area contributed by atoms with Crippen LogP contribution in [0.2, 0.25) is 5.02 Å². The second-order valence-electron chi connectivity index (χ2n) is 3.84. The van der Waals surface area contributed by atoms with Crippen molar-refractivity contribution in [3.8, 4) is 0 Å². The first kappa shape index (κ1) is 13.8. The van der Waals surface area contributed by atoms with E-state index in [1.807, 2.05) is 0 Å². The molecule has 0 aliphatic heterocycles. The van der Waals surface area contributed by atoms with Gasteiger partial charge in [0.15, 0.2) is 0 Å². The summed E-state index contributed by atoms with van der Waals surface area (Å²) in [5.74, 6) is 0. The molecule has 100 valence electrons. The van der Waals surface area contributed by atoms with Crippen LogP contribution in [0, 0.1) is 0 Å². The Bertz CT molecular complexity index is 720. The molecule has 7 heteroatoms. The quantitative estimate of drug-likeness (QED) is 0.898. The van der Waals surface area contributed by atoms with Crippen LogP contribution in [-0.2, 0) is 16.6 Å². The zero-order valence-corrected chi connectivity index (χ0v) is 11.3. The third-order valence-electron chi connectivity index (χ3n) is 2.42. The Hall–Kier alpha value is -1.63. The molecule has 0 atom stereocenters. The maximum absolute atomic E-state index is 11.9. The molecule has 0 saturated carbocycles. The van der Waals surface area contributed by atoms with Gasteiger partial charge in [0.25, 0.3) is 0 Å². The van der Waals surface area contributed by atoms with Crippen LogP contribution in [0.15, 0.2) is 52.3 Å². The fourth-order valence-electron chi connectivity index (χ4n) is 1.47. The standard InChI is InChI=1S/C12H11ClN2O3S/c13-10-3-1-2-9(6-10)7-15-19(17,18)11-4-5-12(16)14-8-11/h1-6,8,15H,7H2,(H,14,16). The molecule has 1 heterocycles. The van der Waals surface area contributed by atoms with E-state index in [9.17, 15) is 13.2 Å². The van der Waals surface area contributed by atoms with Crippen molar-refractivity contribution in [2.45, 2.75) is 11.4 Å². The van der Waals surface area contributed by atoms with E-state index >= 15 is 0 Å². The van der Waals surface area contributed by atoms with E-state index in [1.54, 1.807) is 24.3 Å². The molecule has 1 aromatic carbocycles. The van der Waals surface area contributed by atoms with E-state index in [-0.39, 0.29) is 17.0 Å². The molecule has 2 N–H and O–H groups in total. The molecule has 2 aromatic rings. The fourth-order valence-corrected chi connectivity index (χ4v) is 2.67. The van der Waals surface area contributed by atoms with Crippen LogP contribution in [0.5, 0.6) is 0 Å². The van der Waals surface area contributed by atoms with Gasteiger partial charge in [-0.05, 0) is 23.8 Å². The average molecular weight is 299 g/mol. The van der Waals surface area contributed by atoms with Crippen LogP contribution in [0.25, 0.3) is 0 Å². The summed E-state index contributed by atoms with van der Waals surface area (Å²) in [5.41, 5.74) is 0.397. The monoisotopic (exact) mass is 298 g/mol. The van der Waals surface area contributed by atoms with Crippen molar-refractivity contribution >= 4 is 21.6 Å². The zero-order chi connectivity index (χ0) is 13.9. The number of sulfonamides is 1. The molecule has 0 fully saturated rings.